The van der Waals surface area contributed by atoms with Crippen molar-refractivity contribution >= 4 is 5.97 Å². The number of esters is 1. The summed E-state index contributed by atoms with van der Waals surface area (Å²) in [7, 11) is 0. The molecule has 86 valence electrons. The van der Waals surface area contributed by atoms with Gasteiger partial charge in [-0.15, -0.1) is 6.42 Å². The van der Waals surface area contributed by atoms with Crippen molar-refractivity contribution in [3.05, 3.63) is 0 Å². The van der Waals surface area contributed by atoms with E-state index in [1.807, 2.05) is 0 Å². The van der Waals surface area contributed by atoms with E-state index in [1.54, 1.807) is 0 Å². The summed E-state index contributed by atoms with van der Waals surface area (Å²) in [6, 6.07) is 0. The number of ether oxygens (including phenoxy) is 1. The van der Waals surface area contributed by atoms with Gasteiger partial charge < -0.3 is 4.74 Å². The summed E-state index contributed by atoms with van der Waals surface area (Å²) in [6.45, 7) is 1.51. The topological polar surface area (TPSA) is 26.3 Å². The second-order valence-electron chi connectivity index (χ2n) is 5.91. The van der Waals surface area contributed by atoms with Crippen LogP contribution < -0.4 is 0 Å². The van der Waals surface area contributed by atoms with E-state index in [4.69, 9.17) is 11.2 Å². The van der Waals surface area contributed by atoms with Crippen LogP contribution in [0.25, 0.3) is 0 Å². The van der Waals surface area contributed by atoms with Crippen molar-refractivity contribution in [3.63, 3.8) is 0 Å². The standard InChI is InChI=1S/C14H18O2/c1-3-13-12-5-10-4-11(6-12)8-14(13,7-10)16-9(2)15/h1,10-13H,4-8H2,2H3. The fraction of sp³-hybridized carbons (Fsp3) is 0.786. The third-order valence-electron chi connectivity index (χ3n) is 4.77. The zero-order valence-corrected chi connectivity index (χ0v) is 9.74. The molecule has 4 aliphatic carbocycles. The molecule has 2 heteroatoms. The molecule has 4 fully saturated rings. The molecule has 0 N–H and O–H groups in total. The van der Waals surface area contributed by atoms with Gasteiger partial charge in [-0.05, 0) is 49.9 Å². The van der Waals surface area contributed by atoms with E-state index in [-0.39, 0.29) is 17.5 Å². The van der Waals surface area contributed by atoms with Crippen molar-refractivity contribution < 1.29 is 9.53 Å². The highest BCUT2D eigenvalue weighted by Gasteiger charge is 2.58. The minimum Gasteiger partial charge on any atom is -0.458 e. The Balaban J connectivity index is 1.95. The van der Waals surface area contributed by atoms with Crippen molar-refractivity contribution in [2.24, 2.45) is 23.7 Å². The second kappa shape index (κ2) is 3.26. The Morgan fingerprint density at radius 1 is 1.31 bits per heavy atom. The fourth-order valence-corrected chi connectivity index (χ4v) is 4.69. The van der Waals surface area contributed by atoms with Crippen LogP contribution in [0.3, 0.4) is 0 Å². The van der Waals surface area contributed by atoms with Gasteiger partial charge in [-0.1, -0.05) is 5.92 Å². The molecule has 0 aromatic rings. The van der Waals surface area contributed by atoms with Crippen LogP contribution in [-0.4, -0.2) is 11.6 Å². The summed E-state index contributed by atoms with van der Waals surface area (Å²) in [4.78, 5) is 11.3. The molecule has 2 nitrogen and oxygen atoms in total. The number of rotatable bonds is 1. The summed E-state index contributed by atoms with van der Waals surface area (Å²) in [5, 5.41) is 0. The molecule has 4 saturated carbocycles. The van der Waals surface area contributed by atoms with E-state index in [0.29, 0.717) is 5.92 Å². The van der Waals surface area contributed by atoms with Gasteiger partial charge in [0.05, 0.1) is 5.92 Å². The molecular formula is C14H18O2. The largest absolute Gasteiger partial charge is 0.458 e. The highest BCUT2D eigenvalue weighted by atomic mass is 16.6. The Bertz CT molecular complexity index is 351. The van der Waals surface area contributed by atoms with Crippen molar-refractivity contribution in [2.45, 2.75) is 44.6 Å². The van der Waals surface area contributed by atoms with E-state index in [0.717, 1.165) is 24.7 Å². The molecule has 0 radical (unpaired) electrons. The zero-order valence-electron chi connectivity index (χ0n) is 9.74. The van der Waals surface area contributed by atoms with E-state index >= 15 is 0 Å². The molecule has 4 rings (SSSR count). The lowest BCUT2D eigenvalue weighted by Gasteiger charge is -2.58. The Labute approximate surface area is 96.7 Å². The maximum Gasteiger partial charge on any atom is 0.303 e. The number of hydrogen-bond acceptors (Lipinski definition) is 2. The van der Waals surface area contributed by atoms with Crippen LogP contribution in [0.15, 0.2) is 0 Å². The predicted octanol–water partition coefficient (Wildman–Crippen LogP) is 2.38. The lowest BCUT2D eigenvalue weighted by atomic mass is 9.50. The van der Waals surface area contributed by atoms with Gasteiger partial charge in [0.15, 0.2) is 0 Å². The third kappa shape index (κ3) is 1.30. The average Bonchev–Trinajstić information content (AvgIpc) is 2.13. The maximum absolute atomic E-state index is 11.3. The number of carbonyl (C=O) groups excluding carboxylic acids is 1. The van der Waals surface area contributed by atoms with Crippen LogP contribution in [0.5, 0.6) is 0 Å². The van der Waals surface area contributed by atoms with Crippen LogP contribution in [0.1, 0.15) is 39.0 Å². The maximum atomic E-state index is 11.3. The number of terminal acetylenes is 1. The van der Waals surface area contributed by atoms with Gasteiger partial charge in [0.25, 0.3) is 0 Å². The molecule has 0 amide bonds. The first-order chi connectivity index (χ1) is 7.63. The summed E-state index contributed by atoms with van der Waals surface area (Å²) >= 11 is 0. The van der Waals surface area contributed by atoms with Gasteiger partial charge in [-0.3, -0.25) is 4.79 Å². The van der Waals surface area contributed by atoms with Crippen LogP contribution in [0.2, 0.25) is 0 Å². The quantitative estimate of drug-likeness (QED) is 0.499. The number of hydrogen-bond donors (Lipinski definition) is 0. The van der Waals surface area contributed by atoms with Crippen molar-refractivity contribution in [1.29, 1.82) is 0 Å². The Morgan fingerprint density at radius 2 is 1.94 bits per heavy atom. The number of carbonyl (C=O) groups is 1. The molecule has 4 bridgehead atoms. The molecular weight excluding hydrogens is 200 g/mol. The molecule has 4 aliphatic rings. The highest BCUT2D eigenvalue weighted by Crippen LogP contribution is 2.59. The van der Waals surface area contributed by atoms with Crippen LogP contribution in [-0.2, 0) is 9.53 Å². The second-order valence-corrected chi connectivity index (χ2v) is 5.91. The summed E-state index contributed by atoms with van der Waals surface area (Å²) in [5.41, 5.74) is -0.296. The minimum atomic E-state index is -0.296. The van der Waals surface area contributed by atoms with E-state index < -0.39 is 0 Å². The molecule has 0 aromatic carbocycles. The first-order valence-corrected chi connectivity index (χ1v) is 6.28. The normalized spacial score (nSPS) is 48.8. The van der Waals surface area contributed by atoms with Gasteiger partial charge in [0.1, 0.15) is 5.60 Å². The Kier molecular flexibility index (Phi) is 2.08. The first kappa shape index (κ1) is 10.2. The molecule has 3 atom stereocenters. The monoisotopic (exact) mass is 218 g/mol. The lowest BCUT2D eigenvalue weighted by molar-refractivity contribution is -0.196. The summed E-state index contributed by atoms with van der Waals surface area (Å²) < 4.78 is 5.67. The van der Waals surface area contributed by atoms with Crippen molar-refractivity contribution in [1.82, 2.24) is 0 Å². The Hall–Kier alpha value is -0.970. The molecule has 0 saturated heterocycles. The van der Waals surface area contributed by atoms with Gasteiger partial charge >= 0.3 is 5.97 Å². The van der Waals surface area contributed by atoms with E-state index in [2.05, 4.69) is 5.92 Å². The van der Waals surface area contributed by atoms with Gasteiger partial charge in [0, 0.05) is 6.92 Å². The minimum absolute atomic E-state index is 0.165. The SMILES string of the molecule is C#CC1C2CC3CC(C2)CC1(OC(C)=O)C3. The van der Waals surface area contributed by atoms with Crippen LogP contribution in [0.4, 0.5) is 0 Å². The molecule has 3 unspecified atom stereocenters. The van der Waals surface area contributed by atoms with Gasteiger partial charge in [0.2, 0.25) is 0 Å². The fourth-order valence-electron chi connectivity index (χ4n) is 4.69. The predicted molar refractivity (Wildman–Crippen MR) is 60.4 cm³/mol. The average molecular weight is 218 g/mol. The molecule has 0 heterocycles. The highest BCUT2D eigenvalue weighted by molar-refractivity contribution is 5.66. The van der Waals surface area contributed by atoms with E-state index in [9.17, 15) is 4.79 Å². The zero-order chi connectivity index (χ0) is 11.3. The Morgan fingerprint density at radius 3 is 2.44 bits per heavy atom. The lowest BCUT2D eigenvalue weighted by Crippen LogP contribution is -2.58. The van der Waals surface area contributed by atoms with Crippen molar-refractivity contribution in [3.8, 4) is 12.3 Å². The van der Waals surface area contributed by atoms with Gasteiger partial charge in [-0.2, -0.15) is 0 Å². The van der Waals surface area contributed by atoms with Crippen molar-refractivity contribution in [2.75, 3.05) is 0 Å². The molecule has 16 heavy (non-hydrogen) atoms. The molecule has 0 aliphatic heterocycles. The first-order valence-electron chi connectivity index (χ1n) is 6.28. The van der Waals surface area contributed by atoms with Crippen LogP contribution in [0, 0.1) is 36.0 Å². The van der Waals surface area contributed by atoms with Gasteiger partial charge in [-0.25, -0.2) is 0 Å². The van der Waals surface area contributed by atoms with E-state index in [1.165, 1.54) is 26.2 Å². The third-order valence-corrected chi connectivity index (χ3v) is 4.77. The summed E-state index contributed by atoms with van der Waals surface area (Å²) in [6.07, 6.45) is 11.5. The smallest absolute Gasteiger partial charge is 0.303 e. The molecule has 0 aromatic heterocycles. The van der Waals surface area contributed by atoms with Crippen LogP contribution >= 0.6 is 0 Å². The molecule has 0 spiro atoms. The summed E-state index contributed by atoms with van der Waals surface area (Å²) in [5.74, 6) is 5.03.